The van der Waals surface area contributed by atoms with E-state index in [-0.39, 0.29) is 41.2 Å². The minimum atomic E-state index is -0.797. The number of carbonyl (C=O) groups excluding carboxylic acids is 3. The van der Waals surface area contributed by atoms with Crippen LogP contribution >= 0.6 is 15.9 Å². The Bertz CT molecular complexity index is 712. The number of rotatable bonds is 6. The molecule has 128 valence electrons. The largest absolute Gasteiger partial charge is 0.462 e. The topological polar surface area (TPSA) is 95.9 Å². The van der Waals surface area contributed by atoms with E-state index in [1.54, 1.807) is 6.92 Å². The van der Waals surface area contributed by atoms with Crippen LogP contribution in [0.5, 0.6) is 0 Å². The second-order valence-electron chi connectivity index (χ2n) is 4.74. The molecular formula is C15H14BrFN2O5. The Morgan fingerprint density at radius 2 is 2.12 bits per heavy atom. The summed E-state index contributed by atoms with van der Waals surface area (Å²) in [6, 6.07) is 2.31. The molecule has 9 heteroatoms. The summed E-state index contributed by atoms with van der Waals surface area (Å²) in [5.41, 5.74) is -0.213. The molecule has 0 aliphatic carbocycles. The Balaban J connectivity index is 2.25. The number of esters is 1. The third-order valence-corrected chi connectivity index (χ3v) is 3.77. The van der Waals surface area contributed by atoms with E-state index in [1.165, 1.54) is 6.07 Å². The number of amides is 2. The molecule has 1 aromatic rings. The molecule has 24 heavy (non-hydrogen) atoms. The van der Waals surface area contributed by atoms with Crippen LogP contribution in [-0.4, -0.2) is 47.5 Å². The number of carbonyl (C=O) groups is 3. The number of nitrogens with zero attached hydrogens (tertiary/aromatic N) is 1. The lowest BCUT2D eigenvalue weighted by molar-refractivity contribution is -0.137. The zero-order chi connectivity index (χ0) is 17.9. The Kier molecular flexibility index (Phi) is 5.68. The molecule has 2 N–H and O–H groups in total. The molecule has 1 aliphatic heterocycles. The fraction of sp³-hybridized carbons (Fsp3) is 0.267. The van der Waals surface area contributed by atoms with E-state index in [1.807, 2.05) is 0 Å². The predicted molar refractivity (Wildman–Crippen MR) is 85.6 cm³/mol. The summed E-state index contributed by atoms with van der Waals surface area (Å²) in [4.78, 5) is 36.2. The van der Waals surface area contributed by atoms with Crippen molar-refractivity contribution >= 4 is 39.4 Å². The van der Waals surface area contributed by atoms with Crippen molar-refractivity contribution in [2.24, 2.45) is 0 Å². The van der Waals surface area contributed by atoms with Crippen LogP contribution in [0.15, 0.2) is 28.4 Å². The van der Waals surface area contributed by atoms with Gasteiger partial charge < -0.3 is 15.2 Å². The van der Waals surface area contributed by atoms with Gasteiger partial charge in [0, 0.05) is 10.5 Å². The fourth-order valence-corrected chi connectivity index (χ4v) is 2.60. The Morgan fingerprint density at radius 1 is 1.42 bits per heavy atom. The normalized spacial score (nSPS) is 14.0. The molecular weight excluding hydrogens is 387 g/mol. The summed E-state index contributed by atoms with van der Waals surface area (Å²) >= 11 is 3.12. The first kappa shape index (κ1) is 18.1. The van der Waals surface area contributed by atoms with Gasteiger partial charge in [0.15, 0.2) is 0 Å². The van der Waals surface area contributed by atoms with Crippen molar-refractivity contribution in [2.45, 2.75) is 6.92 Å². The van der Waals surface area contributed by atoms with Crippen LogP contribution in [0.2, 0.25) is 0 Å². The molecule has 7 nitrogen and oxygen atoms in total. The van der Waals surface area contributed by atoms with Gasteiger partial charge in [0.2, 0.25) is 0 Å². The fourth-order valence-electron chi connectivity index (χ4n) is 2.07. The van der Waals surface area contributed by atoms with Crippen molar-refractivity contribution < 1.29 is 28.6 Å². The third kappa shape index (κ3) is 3.62. The molecule has 0 atom stereocenters. The number of hydrogen-bond donors (Lipinski definition) is 2. The first-order valence-corrected chi connectivity index (χ1v) is 7.79. The van der Waals surface area contributed by atoms with Crippen LogP contribution in [-0.2, 0) is 14.3 Å². The summed E-state index contributed by atoms with van der Waals surface area (Å²) < 4.78 is 19.2. The quantitative estimate of drug-likeness (QED) is 0.553. The van der Waals surface area contributed by atoms with Gasteiger partial charge in [-0.15, -0.1) is 0 Å². The van der Waals surface area contributed by atoms with E-state index in [2.05, 4.69) is 21.2 Å². The van der Waals surface area contributed by atoms with Crippen LogP contribution in [0.4, 0.5) is 10.1 Å². The lowest BCUT2D eigenvalue weighted by Gasteiger charge is -2.14. The van der Waals surface area contributed by atoms with Gasteiger partial charge in [-0.2, -0.15) is 0 Å². The van der Waals surface area contributed by atoms with Gasteiger partial charge in [-0.05, 0) is 35.0 Å². The second kappa shape index (κ2) is 7.54. The molecule has 2 amide bonds. The second-order valence-corrected chi connectivity index (χ2v) is 5.59. The highest BCUT2D eigenvalue weighted by Crippen LogP contribution is 2.30. The number of aliphatic hydroxyl groups is 1. The summed E-state index contributed by atoms with van der Waals surface area (Å²) in [6.07, 6.45) is 1.02. The first-order valence-electron chi connectivity index (χ1n) is 7.00. The Labute approximate surface area is 145 Å². The number of β-amino-alcohol motifs (C(OH)–C–C–N with tert-alkyl or cyclic N) is 1. The van der Waals surface area contributed by atoms with Crippen molar-refractivity contribution in [2.75, 3.05) is 25.1 Å². The highest BCUT2D eigenvalue weighted by Gasteiger charge is 2.31. The van der Waals surface area contributed by atoms with Gasteiger partial charge in [-0.25, -0.2) is 9.18 Å². The van der Waals surface area contributed by atoms with Crippen LogP contribution in [0, 0.1) is 5.82 Å². The molecule has 0 saturated carbocycles. The van der Waals surface area contributed by atoms with Crippen molar-refractivity contribution in [3.63, 3.8) is 0 Å². The minimum absolute atomic E-state index is 0.0106. The van der Waals surface area contributed by atoms with E-state index in [9.17, 15) is 18.8 Å². The molecule has 0 unspecified atom stereocenters. The molecule has 0 fully saturated rings. The van der Waals surface area contributed by atoms with Gasteiger partial charge in [0.1, 0.15) is 11.5 Å². The maximum absolute atomic E-state index is 14.3. The Morgan fingerprint density at radius 3 is 2.71 bits per heavy atom. The molecule has 0 aromatic heterocycles. The van der Waals surface area contributed by atoms with E-state index in [0.717, 1.165) is 17.0 Å². The van der Waals surface area contributed by atoms with Gasteiger partial charge in [0.25, 0.3) is 11.8 Å². The predicted octanol–water partition coefficient (Wildman–Crippen LogP) is 1.42. The first-order chi connectivity index (χ1) is 11.4. The SMILES string of the molecule is CCOC(=O)c1cc(F)c(NC2=CC(=O)N(CCO)C2=O)c(Br)c1. The molecule has 1 aromatic carbocycles. The number of hydrogen-bond acceptors (Lipinski definition) is 6. The average Bonchev–Trinajstić information content (AvgIpc) is 2.79. The number of aliphatic hydroxyl groups excluding tert-OH is 1. The van der Waals surface area contributed by atoms with Gasteiger partial charge in [-0.3, -0.25) is 14.5 Å². The molecule has 2 rings (SSSR count). The zero-order valence-corrected chi connectivity index (χ0v) is 14.2. The molecule has 0 spiro atoms. The van der Waals surface area contributed by atoms with Gasteiger partial charge in [-0.1, -0.05) is 0 Å². The Hall–Kier alpha value is -2.26. The molecule has 0 radical (unpaired) electrons. The molecule has 1 aliphatic rings. The summed E-state index contributed by atoms with van der Waals surface area (Å²) in [7, 11) is 0. The van der Waals surface area contributed by atoms with Crippen LogP contribution in [0.1, 0.15) is 17.3 Å². The number of anilines is 1. The standard InChI is InChI=1S/C15H14BrFN2O5/c1-2-24-15(23)8-5-9(16)13(10(17)6-8)18-11-7-12(21)19(3-4-20)14(11)22/h5-7,18,20H,2-4H2,1H3. The monoisotopic (exact) mass is 400 g/mol. The van der Waals surface area contributed by atoms with E-state index < -0.39 is 23.6 Å². The smallest absolute Gasteiger partial charge is 0.338 e. The maximum Gasteiger partial charge on any atom is 0.338 e. The number of halogens is 2. The van der Waals surface area contributed by atoms with Crippen molar-refractivity contribution in [1.82, 2.24) is 4.90 Å². The summed E-state index contributed by atoms with van der Waals surface area (Å²) in [5.74, 6) is -2.75. The minimum Gasteiger partial charge on any atom is -0.462 e. The van der Waals surface area contributed by atoms with Crippen LogP contribution in [0.3, 0.4) is 0 Å². The number of imide groups is 1. The molecule has 1 heterocycles. The third-order valence-electron chi connectivity index (χ3n) is 3.15. The van der Waals surface area contributed by atoms with Gasteiger partial charge in [0.05, 0.1) is 31.0 Å². The highest BCUT2D eigenvalue weighted by molar-refractivity contribution is 9.10. The van der Waals surface area contributed by atoms with Crippen molar-refractivity contribution in [3.05, 3.63) is 39.8 Å². The number of ether oxygens (including phenoxy) is 1. The van der Waals surface area contributed by atoms with Crippen LogP contribution < -0.4 is 5.32 Å². The molecule has 0 bridgehead atoms. The summed E-state index contributed by atoms with van der Waals surface area (Å²) in [6.45, 7) is 1.27. The van der Waals surface area contributed by atoms with Crippen molar-refractivity contribution in [3.8, 4) is 0 Å². The molecule has 0 saturated heterocycles. The maximum atomic E-state index is 14.3. The summed E-state index contributed by atoms with van der Waals surface area (Å²) in [5, 5.41) is 11.4. The highest BCUT2D eigenvalue weighted by atomic mass is 79.9. The van der Waals surface area contributed by atoms with Crippen LogP contribution in [0.25, 0.3) is 0 Å². The lowest BCUT2D eigenvalue weighted by atomic mass is 10.2. The van der Waals surface area contributed by atoms with E-state index in [4.69, 9.17) is 9.84 Å². The van der Waals surface area contributed by atoms with E-state index >= 15 is 0 Å². The average molecular weight is 401 g/mol. The lowest BCUT2D eigenvalue weighted by Crippen LogP contribution is -2.34. The number of nitrogens with one attached hydrogen (secondary N) is 1. The zero-order valence-electron chi connectivity index (χ0n) is 12.6. The van der Waals surface area contributed by atoms with E-state index in [0.29, 0.717) is 0 Å². The van der Waals surface area contributed by atoms with Crippen molar-refractivity contribution in [1.29, 1.82) is 0 Å². The number of benzene rings is 1. The van der Waals surface area contributed by atoms with Gasteiger partial charge >= 0.3 is 5.97 Å².